The average molecular weight is 2050 g/mol. The van der Waals surface area contributed by atoms with Gasteiger partial charge in [-0.2, -0.15) is 29.8 Å². The number of allylic oxidation sites excluding steroid dienone is 2. The fourth-order valence-electron chi connectivity index (χ4n) is 16.3. The molecule has 2 aliphatic heterocycles. The third-order valence-electron chi connectivity index (χ3n) is 22.1. The van der Waals surface area contributed by atoms with E-state index >= 15 is 0 Å². The molecule has 20 rings (SSSR count). The van der Waals surface area contributed by atoms with Crippen LogP contribution in [0.15, 0.2) is 309 Å². The monoisotopic (exact) mass is 2050 g/mol. The summed E-state index contributed by atoms with van der Waals surface area (Å²) in [6.07, 6.45) is 6.62. The Morgan fingerprint density at radius 2 is 0.863 bits per heavy atom. The first-order chi connectivity index (χ1) is 55.2. The fraction of sp³-hybridized carbons (Fsp3) is 0.125. The summed E-state index contributed by atoms with van der Waals surface area (Å²) < 4.78 is 2.58. The first-order valence-electron chi connectivity index (χ1n) is 38.5. The molecule has 1 N–H and O–H groups in total. The van der Waals surface area contributed by atoms with Crippen LogP contribution in [-0.4, -0.2) is 45.4 Å². The summed E-state index contributed by atoms with van der Waals surface area (Å²) in [6, 6.07) is 115. The van der Waals surface area contributed by atoms with E-state index in [4.69, 9.17) is 20.1 Å². The van der Waals surface area contributed by atoms with Crippen molar-refractivity contribution in [2.45, 2.75) is 85.5 Å². The summed E-state index contributed by atoms with van der Waals surface area (Å²) in [5, 5.41) is 13.4. The average Bonchev–Trinajstić information content (AvgIpc) is 1.57. The van der Waals surface area contributed by atoms with Crippen molar-refractivity contribution in [3.05, 3.63) is 384 Å². The second kappa shape index (κ2) is 33.8. The fourth-order valence-corrected chi connectivity index (χ4v) is 16.3. The molecule has 0 saturated carbocycles. The van der Waals surface area contributed by atoms with Crippen molar-refractivity contribution in [1.29, 1.82) is 0 Å². The summed E-state index contributed by atoms with van der Waals surface area (Å²) in [4.78, 5) is 40.4. The molecule has 0 saturated heterocycles. The number of hydrogen-bond donors (Lipinski definition) is 1. The van der Waals surface area contributed by atoms with Crippen molar-refractivity contribution >= 4 is 55.4 Å². The van der Waals surface area contributed by atoms with E-state index in [-0.39, 0.29) is 89.1 Å². The number of ketones is 1. The molecule has 0 unspecified atom stereocenters. The summed E-state index contributed by atoms with van der Waals surface area (Å²) in [7, 11) is 0. The van der Waals surface area contributed by atoms with Crippen LogP contribution in [0.1, 0.15) is 99.9 Å². The molecule has 0 spiro atoms. The van der Waals surface area contributed by atoms with Gasteiger partial charge in [0, 0.05) is 103 Å². The number of aliphatic hydroxyl groups excluding tert-OH is 1. The number of para-hydroxylation sites is 2. The topological polar surface area (TPSA) is 123 Å². The summed E-state index contributed by atoms with van der Waals surface area (Å²) >= 11 is 0. The quantitative estimate of drug-likeness (QED) is 0.0766. The summed E-state index contributed by atoms with van der Waals surface area (Å²) in [5.41, 5.74) is 30.1. The Labute approximate surface area is 725 Å². The number of carbonyl (C=O) groups is 1. The van der Waals surface area contributed by atoms with Gasteiger partial charge in [-0.25, -0.2) is 20.5 Å². The molecular formula is C104H81Ir2N8O2Pt-3. The maximum Gasteiger partial charge on any atom is 2.00 e. The van der Waals surface area contributed by atoms with Crippen molar-refractivity contribution in [2.75, 3.05) is 4.90 Å². The molecule has 13 heteroatoms. The Bertz CT molecular complexity index is 6340. The second-order valence-corrected chi connectivity index (χ2v) is 31.0. The van der Waals surface area contributed by atoms with Gasteiger partial charge in [-0.15, -0.1) is 119 Å². The number of pyridine rings is 3. The van der Waals surface area contributed by atoms with Crippen molar-refractivity contribution in [2.24, 2.45) is 0 Å². The van der Waals surface area contributed by atoms with Crippen LogP contribution in [0.25, 0.3) is 128 Å². The van der Waals surface area contributed by atoms with Gasteiger partial charge in [0.25, 0.3) is 0 Å². The number of rotatable bonds is 11. The summed E-state index contributed by atoms with van der Waals surface area (Å²) in [6.45, 7) is 21.2. The maximum absolute atomic E-state index is 10.0. The van der Waals surface area contributed by atoms with Crippen molar-refractivity contribution in [3.8, 4) is 95.9 Å². The number of hydrogen-bond acceptors (Lipinski definition) is 9. The number of aromatic nitrogens is 7. The van der Waals surface area contributed by atoms with E-state index in [1.165, 1.54) is 108 Å². The van der Waals surface area contributed by atoms with Gasteiger partial charge in [-0.05, 0) is 120 Å². The number of aliphatic hydroxyl groups is 1. The predicted octanol–water partition coefficient (Wildman–Crippen LogP) is 25.1. The van der Waals surface area contributed by atoms with Crippen LogP contribution in [-0.2, 0) is 82.3 Å². The zero-order valence-electron chi connectivity index (χ0n) is 66.3. The van der Waals surface area contributed by atoms with Gasteiger partial charge in [0.15, 0.2) is 17.4 Å². The van der Waals surface area contributed by atoms with E-state index in [1.807, 2.05) is 109 Å². The van der Waals surface area contributed by atoms with Crippen molar-refractivity contribution in [3.63, 3.8) is 0 Å². The Kier molecular flexibility index (Phi) is 23.6. The molecule has 1 aliphatic carbocycles. The molecule has 0 atom stereocenters. The van der Waals surface area contributed by atoms with E-state index in [2.05, 4.69) is 292 Å². The molecule has 2 radical (unpaired) electrons. The molecule has 12 aromatic carbocycles. The maximum atomic E-state index is 10.0. The first-order valence-corrected chi connectivity index (χ1v) is 38.5. The van der Waals surface area contributed by atoms with Gasteiger partial charge in [0.05, 0.1) is 22.5 Å². The van der Waals surface area contributed by atoms with Crippen LogP contribution in [0.3, 0.4) is 0 Å². The standard InChI is InChI=1S/C46H34N4.C28H21N4.C25H18.C5H8O2.2Ir.Pt/c1-45(2)36-19-11-17-34-35-18-12-20-37-43(35)50(42(34)36)44-38(45)27-33(28-39(44)46(37,3)4)49(31-15-9-13-29(25-31)40-21-5-7-23-47-40)32-16-10-14-30(26-32)41-22-6-8-24-48-41;1-19-6-10-22(11-7-19)26-30-27(23-12-8-20(2)9-13-23)32-28(31-26)24-16-14-21(15-17-24)25-5-3-4-18-29-25;1-25(2)23-10-6-5-9-21(23)22-14-13-20(16-24(22)25)19-12-11-17-7-3-4-8-18(17)15-19;1-4(6)3-5(2)7;;;/h5-24,27-28H,1-4H3;3-14,16-18H,1-2H3;3-12,14,16H,1-2H3;3,6H,1-2H3;;;/q-2;-1;-2;;;;+2. The van der Waals surface area contributed by atoms with Crippen LogP contribution < -0.4 is 4.90 Å². The van der Waals surface area contributed by atoms with Crippen molar-refractivity contribution < 1.29 is 71.2 Å². The molecular weight excluding hydrogens is 1970 g/mol. The third-order valence-corrected chi connectivity index (χ3v) is 22.1. The van der Waals surface area contributed by atoms with Crippen LogP contribution >= 0.6 is 0 Å². The van der Waals surface area contributed by atoms with Crippen molar-refractivity contribution in [1.82, 2.24) is 34.5 Å². The van der Waals surface area contributed by atoms with Gasteiger partial charge >= 0.3 is 21.1 Å². The number of nitrogens with zero attached hydrogens (tertiary/aromatic N) is 8. The smallest absolute Gasteiger partial charge is 0.512 e. The SMILES string of the molecule is CC(=O)C=C(C)O.CC1(C)c2cc(N(c3[c-]c(-c4ccccn4)ccc3)c3[c-]c(-c4ccccn4)ccc3)cc3c2-n2c4c1cccc4c1cccc(c12)C3(C)C.CC1(C)c2ccccc2-c2c[c-]c(-c3[c-]c4ccccc4cc3)cc21.Cc1ccc(-c2nc(-c3c[c-]c(-c4ccccn4)cc3)nc(-c3ccc(C)cc3)n2)cc1.[Ir].[Ir].[Pt+2]. The van der Waals surface area contributed by atoms with E-state index in [9.17, 15) is 4.79 Å². The second-order valence-electron chi connectivity index (χ2n) is 31.0. The van der Waals surface area contributed by atoms with E-state index < -0.39 is 0 Å². The summed E-state index contributed by atoms with van der Waals surface area (Å²) in [5.74, 6) is 1.86. The molecule has 10 nitrogen and oxygen atoms in total. The molecule has 0 bridgehead atoms. The minimum atomic E-state index is -0.248. The van der Waals surface area contributed by atoms with Crippen LogP contribution in [0.2, 0.25) is 0 Å². The predicted molar refractivity (Wildman–Crippen MR) is 463 cm³/mol. The Morgan fingerprint density at radius 3 is 1.36 bits per heavy atom. The van der Waals surface area contributed by atoms with Gasteiger partial charge < -0.3 is 29.5 Å². The number of aryl methyl sites for hydroxylation is 2. The molecule has 0 amide bonds. The number of fused-ring (bicyclic) bond motifs is 5. The van der Waals surface area contributed by atoms with Gasteiger partial charge in [-0.1, -0.05) is 239 Å². The third kappa shape index (κ3) is 15.8. The Hall–Kier alpha value is -11.8. The molecule has 7 heterocycles. The molecule has 3 aliphatic rings. The van der Waals surface area contributed by atoms with Crippen LogP contribution in [0.5, 0.6) is 0 Å². The first kappa shape index (κ1) is 81.7. The van der Waals surface area contributed by atoms with E-state index in [0.717, 1.165) is 84.0 Å². The van der Waals surface area contributed by atoms with Gasteiger partial charge in [-0.3, -0.25) is 4.79 Å². The molecule has 580 valence electrons. The normalized spacial score (nSPS) is 13.0. The van der Waals surface area contributed by atoms with E-state index in [1.54, 1.807) is 6.20 Å². The largest absolute Gasteiger partial charge is 2.00 e. The zero-order chi connectivity index (χ0) is 78.6. The Balaban J connectivity index is 0.000000145. The minimum Gasteiger partial charge on any atom is -0.512 e. The van der Waals surface area contributed by atoms with Gasteiger partial charge in [0.1, 0.15) is 5.82 Å². The number of anilines is 3. The van der Waals surface area contributed by atoms with E-state index in [0.29, 0.717) is 17.5 Å². The number of carbonyl (C=O) groups excluding carboxylic acids is 1. The molecule has 0 fully saturated rings. The molecule has 5 aromatic heterocycles. The molecule has 117 heavy (non-hydrogen) atoms. The molecule has 17 aromatic rings. The minimum absolute atomic E-state index is 0. The number of benzene rings is 12. The zero-order valence-corrected chi connectivity index (χ0v) is 73.3. The van der Waals surface area contributed by atoms with Gasteiger partial charge in [0.2, 0.25) is 0 Å². The van der Waals surface area contributed by atoms with Crippen LogP contribution in [0, 0.1) is 44.2 Å². The Morgan fingerprint density at radius 1 is 0.410 bits per heavy atom. The van der Waals surface area contributed by atoms with Crippen LogP contribution in [0.4, 0.5) is 17.1 Å².